The molecular weight excluding hydrogens is 256 g/mol. The van der Waals surface area contributed by atoms with Crippen LogP contribution in [0.25, 0.3) is 0 Å². The molecule has 2 unspecified atom stereocenters. The molecule has 0 N–H and O–H groups in total. The van der Waals surface area contributed by atoms with Gasteiger partial charge in [-0.05, 0) is 18.8 Å². The molecule has 4 nitrogen and oxygen atoms in total. The normalized spacial score (nSPS) is 53.5. The lowest BCUT2D eigenvalue weighted by atomic mass is 9.67. The number of carbonyl (C=O) groups is 1. The van der Waals surface area contributed by atoms with Gasteiger partial charge in [0.1, 0.15) is 5.78 Å². The third-order valence-electron chi connectivity index (χ3n) is 5.52. The summed E-state index contributed by atoms with van der Waals surface area (Å²) in [5.41, 5.74) is -0.224. The molecule has 0 aromatic carbocycles. The maximum absolute atomic E-state index is 12.2. The van der Waals surface area contributed by atoms with Crippen molar-refractivity contribution in [3.8, 4) is 0 Å². The highest BCUT2D eigenvalue weighted by atomic mass is 16.9. The fourth-order valence-electron chi connectivity index (χ4n) is 5.02. The fourth-order valence-corrected chi connectivity index (χ4v) is 5.02. The Morgan fingerprint density at radius 2 is 2.05 bits per heavy atom. The molecule has 3 aliphatic heterocycles. The summed E-state index contributed by atoms with van der Waals surface area (Å²) in [6.07, 6.45) is 7.49. The molecule has 5 fully saturated rings. The molecule has 0 spiro atoms. The molecule has 4 heteroatoms. The highest BCUT2D eigenvalue weighted by molar-refractivity contribution is 5.83. The molecule has 20 heavy (non-hydrogen) atoms. The molecule has 5 aliphatic rings. The first kappa shape index (κ1) is 13.0. The number of allylic oxidation sites excluding steroid dienone is 1. The molecule has 6 atom stereocenters. The Morgan fingerprint density at radius 1 is 1.35 bits per heavy atom. The Balaban J connectivity index is 1.67. The van der Waals surface area contributed by atoms with Crippen molar-refractivity contribution < 1.29 is 19.0 Å². The van der Waals surface area contributed by atoms with Crippen LogP contribution in [0.5, 0.6) is 0 Å². The first-order chi connectivity index (χ1) is 9.54. The van der Waals surface area contributed by atoms with Gasteiger partial charge in [0.25, 0.3) is 5.97 Å². The molecule has 0 radical (unpaired) electrons. The Hall–Kier alpha value is -0.710. The minimum absolute atomic E-state index is 0.0762. The summed E-state index contributed by atoms with van der Waals surface area (Å²) in [5, 5.41) is 0. The van der Waals surface area contributed by atoms with Crippen LogP contribution in [0.1, 0.15) is 45.4 Å². The van der Waals surface area contributed by atoms with Crippen LogP contribution in [0.15, 0.2) is 12.7 Å². The van der Waals surface area contributed by atoms with Gasteiger partial charge < -0.3 is 14.2 Å². The molecule has 110 valence electrons. The van der Waals surface area contributed by atoms with Gasteiger partial charge in [-0.1, -0.05) is 6.08 Å². The molecule has 2 saturated carbocycles. The molecule has 3 heterocycles. The zero-order valence-corrected chi connectivity index (χ0v) is 12.0. The number of hydrogen-bond donors (Lipinski definition) is 0. The van der Waals surface area contributed by atoms with Gasteiger partial charge in [-0.3, -0.25) is 4.79 Å². The molecule has 0 aromatic rings. The molecule has 0 amide bonds. The third kappa shape index (κ3) is 1.74. The maximum Gasteiger partial charge on any atom is 0.280 e. The predicted octanol–water partition coefficient (Wildman–Crippen LogP) is 2.57. The van der Waals surface area contributed by atoms with Crippen LogP contribution in [-0.4, -0.2) is 29.6 Å². The summed E-state index contributed by atoms with van der Waals surface area (Å²) >= 11 is 0. The van der Waals surface area contributed by atoms with Crippen molar-refractivity contribution >= 4 is 5.78 Å². The van der Waals surface area contributed by atoms with Gasteiger partial charge in [-0.25, -0.2) is 0 Å². The summed E-state index contributed by atoms with van der Waals surface area (Å²) < 4.78 is 18.0. The van der Waals surface area contributed by atoms with E-state index in [1.807, 2.05) is 13.0 Å². The van der Waals surface area contributed by atoms with E-state index in [1.165, 1.54) is 0 Å². The Labute approximate surface area is 119 Å². The average molecular weight is 278 g/mol. The van der Waals surface area contributed by atoms with Gasteiger partial charge in [0.05, 0.1) is 17.8 Å². The van der Waals surface area contributed by atoms with Crippen LogP contribution in [-0.2, 0) is 19.0 Å². The van der Waals surface area contributed by atoms with Crippen LogP contribution in [0.3, 0.4) is 0 Å². The SMILES string of the molecule is C=CC[C@@H]1C(=O)CC[C@H]1C12C[C@H]3C[C@@H](C1)OC(C)(O3)O2. The van der Waals surface area contributed by atoms with Crippen molar-refractivity contribution in [2.24, 2.45) is 11.8 Å². The van der Waals surface area contributed by atoms with Crippen molar-refractivity contribution in [3.63, 3.8) is 0 Å². The fraction of sp³-hybridized carbons (Fsp3) is 0.812. The number of rotatable bonds is 3. The number of hydrogen-bond acceptors (Lipinski definition) is 4. The van der Waals surface area contributed by atoms with Crippen molar-refractivity contribution in [3.05, 3.63) is 12.7 Å². The lowest BCUT2D eigenvalue weighted by molar-refractivity contribution is -0.515. The Morgan fingerprint density at radius 3 is 2.65 bits per heavy atom. The Kier molecular flexibility index (Phi) is 2.70. The van der Waals surface area contributed by atoms with Crippen LogP contribution in [0.2, 0.25) is 0 Å². The lowest BCUT2D eigenvalue weighted by Gasteiger charge is -2.61. The maximum atomic E-state index is 12.2. The van der Waals surface area contributed by atoms with Gasteiger partial charge in [0.2, 0.25) is 0 Å². The summed E-state index contributed by atoms with van der Waals surface area (Å²) in [6, 6.07) is 0. The van der Waals surface area contributed by atoms with E-state index in [2.05, 4.69) is 6.58 Å². The number of ketones is 1. The van der Waals surface area contributed by atoms with Gasteiger partial charge in [0.15, 0.2) is 0 Å². The molecule has 5 rings (SSSR count). The largest absolute Gasteiger partial charge is 0.324 e. The van der Waals surface area contributed by atoms with Gasteiger partial charge in [0, 0.05) is 38.5 Å². The summed E-state index contributed by atoms with van der Waals surface area (Å²) in [5.74, 6) is -0.145. The van der Waals surface area contributed by atoms with E-state index < -0.39 is 5.97 Å². The van der Waals surface area contributed by atoms with Crippen molar-refractivity contribution in [2.45, 2.75) is 69.2 Å². The second kappa shape index (κ2) is 4.15. The van der Waals surface area contributed by atoms with E-state index in [0.29, 0.717) is 18.1 Å². The van der Waals surface area contributed by atoms with Crippen LogP contribution in [0, 0.1) is 11.8 Å². The Bertz CT molecular complexity index is 443. The summed E-state index contributed by atoms with van der Waals surface area (Å²) in [7, 11) is 0. The monoisotopic (exact) mass is 278 g/mol. The second-order valence-electron chi connectivity index (χ2n) is 6.90. The minimum atomic E-state index is -0.894. The van der Waals surface area contributed by atoms with Gasteiger partial charge >= 0.3 is 0 Å². The van der Waals surface area contributed by atoms with Gasteiger partial charge in [-0.2, -0.15) is 0 Å². The van der Waals surface area contributed by atoms with E-state index in [1.54, 1.807) is 0 Å². The standard InChI is InChI=1S/C16H22O4/c1-3-4-12-13(5-6-14(12)17)16-8-10-7-11(9-16)19-15(2,18-10)20-16/h3,10-13H,1,4-9H2,2H3/t10-,11+,12-,13+,15?,16?/m0/s1. The van der Waals surface area contributed by atoms with Crippen LogP contribution in [0.4, 0.5) is 0 Å². The van der Waals surface area contributed by atoms with Crippen LogP contribution >= 0.6 is 0 Å². The smallest absolute Gasteiger partial charge is 0.280 e. The first-order valence-electron chi connectivity index (χ1n) is 7.73. The number of ether oxygens (including phenoxy) is 3. The molecule has 3 saturated heterocycles. The highest BCUT2D eigenvalue weighted by Crippen LogP contribution is 2.57. The zero-order chi connectivity index (χ0) is 14.0. The van der Waals surface area contributed by atoms with Crippen molar-refractivity contribution in [2.75, 3.05) is 0 Å². The topological polar surface area (TPSA) is 44.8 Å². The van der Waals surface area contributed by atoms with E-state index >= 15 is 0 Å². The lowest BCUT2D eigenvalue weighted by Crippen LogP contribution is -2.68. The van der Waals surface area contributed by atoms with Crippen molar-refractivity contribution in [1.82, 2.24) is 0 Å². The highest BCUT2D eigenvalue weighted by Gasteiger charge is 2.63. The predicted molar refractivity (Wildman–Crippen MR) is 71.9 cm³/mol. The molecule has 2 aliphatic carbocycles. The minimum Gasteiger partial charge on any atom is -0.324 e. The van der Waals surface area contributed by atoms with Gasteiger partial charge in [-0.15, -0.1) is 6.58 Å². The molecule has 0 aromatic heterocycles. The molecular formula is C16H22O4. The summed E-state index contributed by atoms with van der Waals surface area (Å²) in [6.45, 7) is 5.68. The quantitative estimate of drug-likeness (QED) is 0.744. The van der Waals surface area contributed by atoms with Crippen molar-refractivity contribution in [1.29, 1.82) is 0 Å². The number of carbonyl (C=O) groups excluding carboxylic acids is 1. The van der Waals surface area contributed by atoms with E-state index in [9.17, 15) is 4.79 Å². The number of Topliss-reactive ketones (excluding diaryl/α,β-unsaturated/α-hetero) is 1. The zero-order valence-electron chi connectivity index (χ0n) is 12.0. The van der Waals surface area contributed by atoms with E-state index in [0.717, 1.165) is 32.1 Å². The van der Waals surface area contributed by atoms with Crippen LogP contribution < -0.4 is 0 Å². The molecule has 4 bridgehead atoms. The first-order valence-corrected chi connectivity index (χ1v) is 7.73. The third-order valence-corrected chi connectivity index (χ3v) is 5.52. The second-order valence-corrected chi connectivity index (χ2v) is 6.90. The van der Waals surface area contributed by atoms with E-state index in [-0.39, 0.29) is 23.7 Å². The average Bonchev–Trinajstić information content (AvgIpc) is 2.69. The summed E-state index contributed by atoms with van der Waals surface area (Å²) in [4.78, 5) is 12.2. The van der Waals surface area contributed by atoms with E-state index in [4.69, 9.17) is 14.2 Å².